The fourth-order valence-corrected chi connectivity index (χ4v) is 6.25. The molecule has 1 aliphatic rings. The van der Waals surface area contributed by atoms with Gasteiger partial charge in [0.15, 0.2) is 4.80 Å². The molecule has 0 amide bonds. The molecule has 3 heterocycles. The van der Waals surface area contributed by atoms with Gasteiger partial charge in [-0.1, -0.05) is 91.4 Å². The molecule has 0 fully saturated rings. The zero-order valence-electron chi connectivity index (χ0n) is 23.9. The minimum Gasteiger partial charge on any atom is -0.463 e. The van der Waals surface area contributed by atoms with Crippen molar-refractivity contribution in [2.75, 3.05) is 6.61 Å². The molecule has 0 spiro atoms. The van der Waals surface area contributed by atoms with E-state index >= 15 is 0 Å². The average Bonchev–Trinajstić information content (AvgIpc) is 3.61. The molecule has 5 aromatic rings. The van der Waals surface area contributed by atoms with E-state index in [1.165, 1.54) is 11.3 Å². The summed E-state index contributed by atoms with van der Waals surface area (Å²) < 4.78 is 13.7. The zero-order valence-corrected chi connectivity index (χ0v) is 25.5. The zero-order chi connectivity index (χ0) is 30.1. The molecule has 0 N–H and O–H groups in total. The number of carbonyl (C=O) groups excluding carboxylic acids is 1. The highest BCUT2D eigenvalue weighted by atomic mass is 35.5. The second kappa shape index (κ2) is 12.0. The highest BCUT2D eigenvalue weighted by Crippen LogP contribution is 2.35. The summed E-state index contributed by atoms with van der Waals surface area (Å²) in [6, 6.07) is 27.9. The Bertz CT molecular complexity index is 2000. The first-order chi connectivity index (χ1) is 20.8. The van der Waals surface area contributed by atoms with Crippen LogP contribution in [0.5, 0.6) is 0 Å². The van der Waals surface area contributed by atoms with Crippen LogP contribution >= 0.6 is 22.9 Å². The van der Waals surface area contributed by atoms with Crippen LogP contribution in [0.15, 0.2) is 111 Å². The number of esters is 1. The summed E-state index contributed by atoms with van der Waals surface area (Å²) in [5, 5.41) is 0.641. The number of benzene rings is 3. The lowest BCUT2D eigenvalue weighted by atomic mass is 9.91. The van der Waals surface area contributed by atoms with Gasteiger partial charge in [-0.15, -0.1) is 0 Å². The van der Waals surface area contributed by atoms with Crippen LogP contribution in [0.2, 0.25) is 5.02 Å². The largest absolute Gasteiger partial charge is 0.463 e. The molecule has 0 bridgehead atoms. The smallest absolute Gasteiger partial charge is 0.338 e. The van der Waals surface area contributed by atoms with Crippen LogP contribution in [0.3, 0.4) is 0 Å². The van der Waals surface area contributed by atoms with E-state index in [-0.39, 0.29) is 12.2 Å². The Morgan fingerprint density at radius 3 is 2.40 bits per heavy atom. The second-order valence-electron chi connectivity index (χ2n) is 10.5. The van der Waals surface area contributed by atoms with Gasteiger partial charge in [0.05, 0.1) is 28.5 Å². The Balaban J connectivity index is 1.55. The molecule has 2 aromatic heterocycles. The molecular formula is C35H29ClN2O4S. The van der Waals surface area contributed by atoms with Crippen molar-refractivity contribution in [2.45, 2.75) is 32.7 Å². The standard InChI is InChI=1S/C35H29ClN2O4S/c1-4-41-34(40)30-31(24-8-6-5-7-9-24)37-35-38(32(30)25-12-10-22(11-13-25)21(2)3)33(39)29(43-35)20-27-18-19-28(42-27)23-14-16-26(36)17-15-23/h5-21,32H,4H2,1-3H3/b29-20-/t32-/m0/s1. The third kappa shape index (κ3) is 5.66. The molecule has 0 saturated carbocycles. The van der Waals surface area contributed by atoms with E-state index < -0.39 is 12.0 Å². The maximum atomic E-state index is 14.1. The van der Waals surface area contributed by atoms with E-state index in [9.17, 15) is 9.59 Å². The fourth-order valence-electron chi connectivity index (χ4n) is 5.15. The Kier molecular flexibility index (Phi) is 8.02. The van der Waals surface area contributed by atoms with Crippen LogP contribution in [-0.2, 0) is 9.53 Å². The molecule has 1 aliphatic heterocycles. The Labute approximate surface area is 257 Å². The maximum absolute atomic E-state index is 14.1. The molecule has 216 valence electrons. The summed E-state index contributed by atoms with van der Waals surface area (Å²) in [6.07, 6.45) is 1.72. The molecule has 0 saturated heterocycles. The molecule has 8 heteroatoms. The van der Waals surface area contributed by atoms with Gasteiger partial charge in [0, 0.05) is 22.2 Å². The number of rotatable bonds is 7. The Hall–Kier alpha value is -4.46. The third-order valence-corrected chi connectivity index (χ3v) is 8.56. The monoisotopic (exact) mass is 608 g/mol. The first kappa shape index (κ1) is 28.6. The number of thiazole rings is 1. The summed E-state index contributed by atoms with van der Waals surface area (Å²) in [6.45, 7) is 6.22. The Morgan fingerprint density at radius 1 is 1.00 bits per heavy atom. The third-order valence-electron chi connectivity index (χ3n) is 7.32. The lowest BCUT2D eigenvalue weighted by Gasteiger charge is -2.26. The van der Waals surface area contributed by atoms with Crippen LogP contribution in [0, 0.1) is 0 Å². The number of nitrogens with zero attached hydrogens (tertiary/aromatic N) is 2. The number of aromatic nitrogens is 1. The van der Waals surface area contributed by atoms with Gasteiger partial charge in [-0.25, -0.2) is 9.79 Å². The molecule has 6 nitrogen and oxygen atoms in total. The van der Waals surface area contributed by atoms with Crippen LogP contribution < -0.4 is 14.9 Å². The van der Waals surface area contributed by atoms with Gasteiger partial charge in [0.1, 0.15) is 11.5 Å². The quantitative estimate of drug-likeness (QED) is 0.187. The molecule has 0 unspecified atom stereocenters. The van der Waals surface area contributed by atoms with Crippen molar-refractivity contribution in [1.82, 2.24) is 4.57 Å². The average molecular weight is 609 g/mol. The van der Waals surface area contributed by atoms with Crippen molar-refractivity contribution in [3.05, 3.63) is 144 Å². The van der Waals surface area contributed by atoms with Gasteiger partial charge in [-0.2, -0.15) is 0 Å². The van der Waals surface area contributed by atoms with E-state index in [0.29, 0.717) is 43.1 Å². The predicted octanol–water partition coefficient (Wildman–Crippen LogP) is 6.97. The molecule has 43 heavy (non-hydrogen) atoms. The van der Waals surface area contributed by atoms with E-state index in [0.717, 1.165) is 22.3 Å². The highest BCUT2D eigenvalue weighted by Gasteiger charge is 2.35. The van der Waals surface area contributed by atoms with E-state index in [2.05, 4.69) is 13.8 Å². The number of halogens is 1. The summed E-state index contributed by atoms with van der Waals surface area (Å²) in [7, 11) is 0. The van der Waals surface area contributed by atoms with Gasteiger partial charge < -0.3 is 9.15 Å². The van der Waals surface area contributed by atoms with Crippen molar-refractivity contribution in [2.24, 2.45) is 4.99 Å². The normalized spacial score (nSPS) is 15.0. The lowest BCUT2D eigenvalue weighted by molar-refractivity contribution is -0.138. The molecule has 0 aliphatic carbocycles. The molecular weight excluding hydrogens is 580 g/mol. The van der Waals surface area contributed by atoms with Crippen molar-refractivity contribution >= 4 is 40.7 Å². The van der Waals surface area contributed by atoms with Crippen LogP contribution in [-0.4, -0.2) is 17.1 Å². The summed E-state index contributed by atoms with van der Waals surface area (Å²) in [5.74, 6) is 1.02. The summed E-state index contributed by atoms with van der Waals surface area (Å²) in [5.41, 5.74) is 4.16. The van der Waals surface area contributed by atoms with Crippen molar-refractivity contribution in [3.8, 4) is 11.3 Å². The number of hydrogen-bond donors (Lipinski definition) is 0. The van der Waals surface area contributed by atoms with E-state index in [1.54, 1.807) is 29.7 Å². The summed E-state index contributed by atoms with van der Waals surface area (Å²) in [4.78, 5) is 33.1. The maximum Gasteiger partial charge on any atom is 0.338 e. The predicted molar refractivity (Wildman–Crippen MR) is 171 cm³/mol. The van der Waals surface area contributed by atoms with Crippen LogP contribution in [0.1, 0.15) is 55.2 Å². The van der Waals surface area contributed by atoms with Gasteiger partial charge in [0.25, 0.3) is 5.56 Å². The van der Waals surface area contributed by atoms with E-state index in [1.807, 2.05) is 78.9 Å². The number of hydrogen-bond acceptors (Lipinski definition) is 6. The van der Waals surface area contributed by atoms with Gasteiger partial charge in [0.2, 0.25) is 0 Å². The number of furan rings is 1. The first-order valence-corrected chi connectivity index (χ1v) is 15.3. The summed E-state index contributed by atoms with van der Waals surface area (Å²) >= 11 is 7.30. The minimum absolute atomic E-state index is 0.197. The van der Waals surface area contributed by atoms with Crippen LogP contribution in [0.4, 0.5) is 0 Å². The van der Waals surface area contributed by atoms with Crippen molar-refractivity contribution in [3.63, 3.8) is 0 Å². The van der Waals surface area contributed by atoms with Crippen molar-refractivity contribution < 1.29 is 13.9 Å². The highest BCUT2D eigenvalue weighted by molar-refractivity contribution is 7.07. The van der Waals surface area contributed by atoms with Gasteiger partial charge in [-0.3, -0.25) is 9.36 Å². The molecule has 3 aromatic carbocycles. The van der Waals surface area contributed by atoms with Crippen LogP contribution in [0.25, 0.3) is 23.1 Å². The molecule has 1 atom stereocenters. The van der Waals surface area contributed by atoms with Gasteiger partial charge in [-0.05, 0) is 60.4 Å². The van der Waals surface area contributed by atoms with Crippen molar-refractivity contribution in [1.29, 1.82) is 0 Å². The van der Waals surface area contributed by atoms with E-state index in [4.69, 9.17) is 25.7 Å². The molecule has 6 rings (SSSR count). The molecule has 0 radical (unpaired) electrons. The number of carbonyl (C=O) groups is 1. The minimum atomic E-state index is -0.727. The van der Waals surface area contributed by atoms with Gasteiger partial charge >= 0.3 is 5.97 Å². The fraction of sp³-hybridized carbons (Fsp3) is 0.171. The first-order valence-electron chi connectivity index (χ1n) is 14.1. The lowest BCUT2D eigenvalue weighted by Crippen LogP contribution is -2.40. The SMILES string of the molecule is CCOC(=O)C1=C(c2ccccc2)N=c2s/c(=C\c3ccc(-c4ccc(Cl)cc4)o3)c(=O)n2[C@H]1c1ccc(C(C)C)cc1. The topological polar surface area (TPSA) is 73.8 Å². The Morgan fingerprint density at radius 2 is 1.72 bits per heavy atom. The number of ether oxygens (including phenoxy) is 1. The second-order valence-corrected chi connectivity index (χ2v) is 11.9. The number of fused-ring (bicyclic) bond motifs is 1.